The first-order valence-corrected chi connectivity index (χ1v) is 26.5. The monoisotopic (exact) mass is 1040 g/mol. The van der Waals surface area contributed by atoms with Crippen LogP contribution in [0.3, 0.4) is 0 Å². The van der Waals surface area contributed by atoms with E-state index in [2.05, 4.69) is 26.0 Å². The third-order valence-electron chi connectivity index (χ3n) is 13.0. The maximum Gasteiger partial charge on any atom is 0.410 e. The fourth-order valence-electron chi connectivity index (χ4n) is 8.44. The second kappa shape index (κ2) is 24.8. The number of amides is 8. The Morgan fingerprint density at radius 2 is 1.37 bits per heavy atom. The van der Waals surface area contributed by atoms with Gasteiger partial charge in [-0.25, -0.2) is 22.7 Å². The van der Waals surface area contributed by atoms with Crippen LogP contribution in [0, 0.1) is 17.3 Å². The summed E-state index contributed by atoms with van der Waals surface area (Å²) < 4.78 is 34.8. The van der Waals surface area contributed by atoms with Crippen LogP contribution in [0.15, 0.2) is 66.2 Å². The highest BCUT2D eigenvalue weighted by atomic mass is 32.2. The Kier molecular flexibility index (Phi) is 20.8. The molecule has 1 aliphatic rings. The molecule has 2 aromatic carbocycles. The molecule has 2 aromatic rings. The summed E-state index contributed by atoms with van der Waals surface area (Å²) in [4.78, 5) is 96.7. The Labute approximate surface area is 433 Å². The zero-order chi connectivity index (χ0) is 55.6. The van der Waals surface area contributed by atoms with E-state index in [0.29, 0.717) is 24.8 Å². The predicted octanol–water partition coefficient (Wildman–Crippen LogP) is 4.83. The first-order chi connectivity index (χ1) is 33.5. The van der Waals surface area contributed by atoms with Crippen LogP contribution in [0.2, 0.25) is 0 Å². The third-order valence-corrected chi connectivity index (χ3v) is 14.2. The van der Waals surface area contributed by atoms with Gasteiger partial charge in [-0.05, 0) is 87.3 Å². The van der Waals surface area contributed by atoms with Gasteiger partial charge in [0.1, 0.15) is 23.7 Å². The minimum absolute atomic E-state index is 0.0357. The largest absolute Gasteiger partial charge is 0.444 e. The van der Waals surface area contributed by atoms with Crippen molar-refractivity contribution in [2.75, 3.05) is 20.6 Å². The Bertz CT molecular complexity index is 2420. The third kappa shape index (κ3) is 17.6. The molecule has 20 heteroatoms. The number of nitrogens with one attached hydrogen (secondary N) is 5. The number of carbonyl (C=O) groups excluding carboxylic acids is 7. The number of rotatable bonds is 23. The fraction of sp³-hybridized carbons (Fsp3) is 0.604. The van der Waals surface area contributed by atoms with Gasteiger partial charge in [0.15, 0.2) is 0 Å². The highest BCUT2D eigenvalue weighted by Crippen LogP contribution is 2.45. The molecule has 0 aromatic heterocycles. The summed E-state index contributed by atoms with van der Waals surface area (Å²) in [5, 5.41) is 11.2. The molecule has 406 valence electrons. The van der Waals surface area contributed by atoms with E-state index >= 15 is 0 Å². The number of ether oxygens (including phenoxy) is 1. The van der Waals surface area contributed by atoms with E-state index in [0.717, 1.165) is 11.1 Å². The van der Waals surface area contributed by atoms with Gasteiger partial charge in [0.05, 0.1) is 23.4 Å². The molecule has 0 aliphatic heterocycles. The fourth-order valence-corrected chi connectivity index (χ4v) is 9.59. The Morgan fingerprint density at radius 1 is 0.795 bits per heavy atom. The van der Waals surface area contributed by atoms with Gasteiger partial charge in [0, 0.05) is 31.6 Å². The molecule has 73 heavy (non-hydrogen) atoms. The van der Waals surface area contributed by atoms with Crippen molar-refractivity contribution in [1.29, 1.82) is 0 Å². The number of sulfonamides is 1. The minimum atomic E-state index is -4.25. The van der Waals surface area contributed by atoms with E-state index in [1.807, 2.05) is 58.0 Å². The number of benzene rings is 2. The lowest BCUT2D eigenvalue weighted by atomic mass is 9.76. The SMILES string of the molecule is C/C(=C\[C@H](C(C)C)N(C)C(=O)[C@@H](NC(=O)[C@@H](N(C)C(=O)OC(C)(C)C)C(C)(C)c1ccccc1)C(C)(C)C)C(=O)NS(=O)(=O)Cc1ccc(C2(NC(=O)[C@H](CCCNC(N)=O)NC(=O)[C@@H](N)C(C)C)CC2)cc1. The van der Waals surface area contributed by atoms with Crippen molar-refractivity contribution in [1.82, 2.24) is 35.8 Å². The first kappa shape index (κ1) is 61.3. The van der Waals surface area contributed by atoms with Crippen LogP contribution in [0.5, 0.6) is 0 Å². The summed E-state index contributed by atoms with van der Waals surface area (Å²) >= 11 is 0. The summed E-state index contributed by atoms with van der Waals surface area (Å²) in [5.41, 5.74) is 9.72. The highest BCUT2D eigenvalue weighted by Gasteiger charge is 2.48. The molecule has 19 nitrogen and oxygen atoms in total. The van der Waals surface area contributed by atoms with Crippen molar-refractivity contribution in [2.45, 2.75) is 168 Å². The summed E-state index contributed by atoms with van der Waals surface area (Å²) in [6.45, 7) is 23.2. The quantitative estimate of drug-likeness (QED) is 0.0585. The number of hydrogen-bond acceptors (Lipinski definition) is 11. The Balaban J connectivity index is 1.79. The van der Waals surface area contributed by atoms with Crippen molar-refractivity contribution >= 4 is 51.7 Å². The van der Waals surface area contributed by atoms with Gasteiger partial charge in [0.25, 0.3) is 5.91 Å². The van der Waals surface area contributed by atoms with Crippen LogP contribution in [0.4, 0.5) is 9.59 Å². The smallest absolute Gasteiger partial charge is 0.410 e. The highest BCUT2D eigenvalue weighted by molar-refractivity contribution is 7.89. The Morgan fingerprint density at radius 3 is 1.86 bits per heavy atom. The zero-order valence-corrected chi connectivity index (χ0v) is 46.4. The molecule has 5 atom stereocenters. The molecule has 0 heterocycles. The number of nitrogens with two attached hydrogens (primary N) is 2. The van der Waals surface area contributed by atoms with Crippen molar-refractivity contribution in [3.8, 4) is 0 Å². The van der Waals surface area contributed by atoms with Crippen LogP contribution < -0.4 is 37.5 Å². The number of urea groups is 1. The molecule has 0 saturated heterocycles. The van der Waals surface area contributed by atoms with Gasteiger partial charge >= 0.3 is 12.1 Å². The van der Waals surface area contributed by atoms with Gasteiger partial charge < -0.3 is 42.4 Å². The van der Waals surface area contributed by atoms with Crippen LogP contribution in [-0.2, 0) is 55.4 Å². The predicted molar refractivity (Wildman–Crippen MR) is 282 cm³/mol. The molecular weight excluding hydrogens is 955 g/mol. The Hall–Kier alpha value is -6.02. The van der Waals surface area contributed by atoms with E-state index in [4.69, 9.17) is 16.2 Å². The molecule has 1 fully saturated rings. The van der Waals surface area contributed by atoms with Crippen molar-refractivity contribution < 1.29 is 46.7 Å². The average molecular weight is 1040 g/mol. The van der Waals surface area contributed by atoms with Crippen LogP contribution in [-0.4, -0.2) is 116 Å². The molecule has 3 rings (SSSR count). The molecule has 1 saturated carbocycles. The van der Waals surface area contributed by atoms with E-state index in [9.17, 15) is 42.0 Å². The molecule has 0 radical (unpaired) electrons. The molecule has 1 aliphatic carbocycles. The van der Waals surface area contributed by atoms with E-state index in [1.54, 1.807) is 86.7 Å². The number of carbonyl (C=O) groups is 7. The van der Waals surface area contributed by atoms with Gasteiger partial charge in [-0.15, -0.1) is 0 Å². The molecule has 0 spiro atoms. The minimum Gasteiger partial charge on any atom is -0.444 e. The zero-order valence-electron chi connectivity index (χ0n) is 45.6. The lowest BCUT2D eigenvalue weighted by molar-refractivity contribution is -0.141. The van der Waals surface area contributed by atoms with Crippen LogP contribution in [0.25, 0.3) is 0 Å². The van der Waals surface area contributed by atoms with Crippen molar-refractivity contribution in [3.05, 3.63) is 82.9 Å². The maximum atomic E-state index is 14.6. The van der Waals surface area contributed by atoms with E-state index in [-0.39, 0.29) is 30.4 Å². The van der Waals surface area contributed by atoms with Crippen LogP contribution >= 0.6 is 0 Å². The molecular formula is C53H83N9O10S. The lowest BCUT2D eigenvalue weighted by Gasteiger charge is -2.42. The second-order valence-electron chi connectivity index (χ2n) is 22.6. The standard InChI is InChI=1S/C53H83N9O10S/c1-32(2)39(61(14)47(67)41(50(6,7)8)58-46(66)42(62(15)49(69)72-51(9,10)11)52(12,13)36-20-17-16-18-21-36)30-34(5)43(63)60-73(70,71)31-35-23-25-37(26-24-35)53(27-28-53)59-44(64)38(22-19-29-56-48(55)68)57-45(65)40(54)33(3)4/h16-18,20-21,23-26,30,32-33,38-42H,19,22,27-29,31,54H2,1-15H3,(H,57,65)(H,58,66)(H,59,64)(H,60,63)(H3,55,56,68)/b34-30+/t38-,39+,40-,41+,42+/m0/s1. The van der Waals surface area contributed by atoms with Gasteiger partial charge in [0.2, 0.25) is 33.7 Å². The first-order valence-electron chi connectivity index (χ1n) is 24.9. The van der Waals surface area contributed by atoms with Gasteiger partial charge in [-0.1, -0.05) is 123 Å². The average Bonchev–Trinajstić information content (AvgIpc) is 4.06. The van der Waals surface area contributed by atoms with Crippen molar-refractivity contribution in [2.24, 2.45) is 28.7 Å². The second-order valence-corrected chi connectivity index (χ2v) is 24.4. The number of primary amides is 1. The molecule has 9 N–H and O–H groups in total. The number of nitrogens with zero attached hydrogens (tertiary/aromatic N) is 2. The van der Waals surface area contributed by atoms with E-state index < -0.39 is 110 Å². The topological polar surface area (TPSA) is 282 Å². The lowest BCUT2D eigenvalue weighted by Crippen LogP contribution is -2.63. The van der Waals surface area contributed by atoms with Crippen LogP contribution in [0.1, 0.15) is 132 Å². The molecule has 0 unspecified atom stereocenters. The summed E-state index contributed by atoms with van der Waals surface area (Å²) in [6.07, 6.45) is 2.55. The summed E-state index contributed by atoms with van der Waals surface area (Å²) in [5.74, 6) is -3.86. The number of likely N-dealkylation sites (N-methyl/N-ethyl adjacent to an activating group) is 2. The summed E-state index contributed by atoms with van der Waals surface area (Å²) in [6, 6.07) is 10.4. The van der Waals surface area contributed by atoms with Gasteiger partial charge in [-0.3, -0.25) is 28.9 Å². The summed E-state index contributed by atoms with van der Waals surface area (Å²) in [7, 11) is -1.20. The maximum absolute atomic E-state index is 14.6. The van der Waals surface area contributed by atoms with E-state index in [1.165, 1.54) is 29.8 Å². The van der Waals surface area contributed by atoms with Crippen molar-refractivity contribution in [3.63, 3.8) is 0 Å². The normalized spacial score (nSPS) is 15.9. The molecule has 8 amide bonds. The molecule has 0 bridgehead atoms. The van der Waals surface area contributed by atoms with Gasteiger partial charge in [-0.2, -0.15) is 0 Å². The number of hydrogen-bond donors (Lipinski definition) is 7.